The number of carbonyl (C=O) groups excluding carboxylic acids is 5. The fraction of sp³-hybridized carbons (Fsp3) is 0.614. The Morgan fingerprint density at radius 2 is 1.00 bits per heavy atom. The van der Waals surface area contributed by atoms with Crippen LogP contribution in [0.3, 0.4) is 0 Å². The summed E-state index contributed by atoms with van der Waals surface area (Å²) in [7, 11) is -2.81. The van der Waals surface area contributed by atoms with E-state index in [1.54, 1.807) is 0 Å². The van der Waals surface area contributed by atoms with Gasteiger partial charge in [0.15, 0.2) is 18.9 Å². The van der Waals surface area contributed by atoms with E-state index in [0.717, 1.165) is 11.1 Å². The number of azide groups is 1. The van der Waals surface area contributed by atoms with Crippen LogP contribution in [0.1, 0.15) is 128 Å². The Kier molecular flexibility index (Phi) is 30.0. The number of aliphatic hydroxyl groups is 1. The first-order chi connectivity index (χ1) is 43.2. The summed E-state index contributed by atoms with van der Waals surface area (Å²) in [6, 6.07) is 40.9. The minimum absolute atomic E-state index is 0.00706. The van der Waals surface area contributed by atoms with Gasteiger partial charge in [-0.1, -0.05) is 196 Å². The molecule has 8 rings (SSSR count). The number of aliphatic hydroxyl groups excluding tert-OH is 1. The van der Waals surface area contributed by atoms with Crippen LogP contribution in [-0.4, -0.2) is 136 Å². The third-order valence-corrected chi connectivity index (χ3v) is 23.0. The van der Waals surface area contributed by atoms with Crippen LogP contribution in [0.25, 0.3) is 10.4 Å². The number of benzene rings is 4. The van der Waals surface area contributed by atoms with Crippen molar-refractivity contribution in [2.24, 2.45) is 40.6 Å². The van der Waals surface area contributed by atoms with Crippen LogP contribution >= 0.6 is 0 Å². The lowest BCUT2D eigenvalue weighted by Crippen LogP contribution is -2.67. The minimum Gasteiger partial charge on any atom is -0.458 e. The first kappa shape index (κ1) is 75.9. The Morgan fingerprint density at radius 1 is 0.549 bits per heavy atom. The molecule has 1 N–H and O–H groups in total. The van der Waals surface area contributed by atoms with Crippen molar-refractivity contribution in [1.82, 2.24) is 0 Å². The van der Waals surface area contributed by atoms with Gasteiger partial charge in [-0.3, -0.25) is 0 Å². The Morgan fingerprint density at radius 3 is 1.46 bits per heavy atom. The molecule has 0 bridgehead atoms. The second-order valence-corrected chi connectivity index (χ2v) is 30.7. The topological polar surface area (TPSA) is 256 Å². The molecule has 20 atom stereocenters. The van der Waals surface area contributed by atoms with Gasteiger partial charge in [0, 0.05) is 22.7 Å². The molecule has 4 heterocycles. The molecule has 20 nitrogen and oxygen atoms in total. The van der Waals surface area contributed by atoms with Gasteiger partial charge in [-0.25, -0.2) is 4.79 Å². The van der Waals surface area contributed by atoms with E-state index in [2.05, 4.69) is 131 Å². The Labute approximate surface area is 539 Å². The van der Waals surface area contributed by atoms with E-state index in [9.17, 15) is 15.4 Å². The maximum absolute atomic E-state index is 12.3. The molecule has 91 heavy (non-hydrogen) atoms. The largest absolute Gasteiger partial charge is 0.458 e. The standard InChI is InChI=1S/C39H53N3O5Si.C29H46O8.2CO2/c1-26-27(2)35(41-42-40)38(47-37-30(5)45-29(4)28(3)36(37)43-24-31-18-12-9-13-19-31)46-34(26)25-44-48(39(6,7)8,32-20-14-10-15-21-32)33-22-16-11-17-23-33;1-9-22-24(31)17(2)18(3)28(35-22)36-26-20(5)34-27(33-16-23(30)37-29(6,7)8)19(4)25(26)32-15-21-13-11-10-12-14-21;2*2-1-3/h9-23,26-30,34-38H,24-25H2,1-8H3;10-14,17-20,22,24-28,31H,9,15-16H2,1-8H3;;. The SMILES string of the molecule is CC1OC(C)C(OC2OC(CO[Si](c3ccccc3)(c3ccccc3)C(C)(C)C)C(C)C(C)C2N=[N+]=[N-])C(OCc2ccccc2)C1C.CCC1OC(OC2C(C)OC(OCC(=O)OC(C)(C)C)C(C)C2OCc2ccccc2)C(C)C(C)C1O.O=C=O.O=C=O. The molecule has 4 aliphatic heterocycles. The fourth-order valence-electron chi connectivity index (χ4n) is 12.5. The Balaban J connectivity index is 0.000000313. The van der Waals surface area contributed by atoms with E-state index in [1.165, 1.54) is 10.4 Å². The number of nitrogens with zero attached hydrogens (tertiary/aromatic N) is 3. The van der Waals surface area contributed by atoms with Crippen molar-refractivity contribution in [1.29, 1.82) is 0 Å². The molecule has 4 aromatic rings. The number of carbonyl (C=O) groups is 1. The second-order valence-electron chi connectivity index (χ2n) is 26.4. The van der Waals surface area contributed by atoms with Gasteiger partial charge in [-0.05, 0) is 97.8 Å². The molecule has 4 aromatic carbocycles. The van der Waals surface area contributed by atoms with Crippen LogP contribution in [0.15, 0.2) is 126 Å². The molecular formula is C70H99N3O17Si. The molecule has 0 spiro atoms. The van der Waals surface area contributed by atoms with E-state index >= 15 is 0 Å². The molecule has 4 aliphatic rings. The summed E-state index contributed by atoms with van der Waals surface area (Å²) in [5.74, 6) is -0.586. The van der Waals surface area contributed by atoms with Crippen molar-refractivity contribution < 1.29 is 80.9 Å². The number of esters is 1. The van der Waals surface area contributed by atoms with E-state index in [-0.39, 0.29) is 96.1 Å². The second kappa shape index (κ2) is 36.0. The van der Waals surface area contributed by atoms with Crippen molar-refractivity contribution in [2.45, 2.75) is 227 Å². The van der Waals surface area contributed by atoms with Crippen molar-refractivity contribution in [3.05, 3.63) is 143 Å². The molecule has 4 saturated heterocycles. The molecule has 21 heteroatoms. The van der Waals surface area contributed by atoms with Gasteiger partial charge < -0.3 is 56.9 Å². The van der Waals surface area contributed by atoms with Crippen molar-refractivity contribution in [2.75, 3.05) is 13.2 Å². The quantitative estimate of drug-likeness (QED) is 0.0284. The zero-order valence-electron chi connectivity index (χ0n) is 56.0. The minimum atomic E-state index is -2.81. The van der Waals surface area contributed by atoms with Crippen molar-refractivity contribution >= 4 is 37.0 Å². The summed E-state index contributed by atoms with van der Waals surface area (Å²) >= 11 is 0. The summed E-state index contributed by atoms with van der Waals surface area (Å²) in [6.45, 7) is 33.8. The first-order valence-corrected chi connectivity index (χ1v) is 33.7. The molecule has 0 radical (unpaired) electrons. The highest BCUT2D eigenvalue weighted by Gasteiger charge is 2.54. The molecule has 0 saturated carbocycles. The average Bonchev–Trinajstić information content (AvgIpc) is 0.818. The molecule has 20 unspecified atom stereocenters. The fourth-order valence-corrected chi connectivity index (χ4v) is 17.0. The third kappa shape index (κ3) is 20.6. The predicted molar refractivity (Wildman–Crippen MR) is 341 cm³/mol. The zero-order valence-corrected chi connectivity index (χ0v) is 57.0. The molecule has 0 aliphatic carbocycles. The maximum atomic E-state index is 12.3. The van der Waals surface area contributed by atoms with E-state index in [0.29, 0.717) is 26.2 Å². The van der Waals surface area contributed by atoms with Crippen molar-refractivity contribution in [3.63, 3.8) is 0 Å². The number of ether oxygens (including phenoxy) is 10. The molecule has 500 valence electrons. The average molecular weight is 1280 g/mol. The number of rotatable bonds is 20. The number of hydrogen-bond acceptors (Lipinski definition) is 18. The van der Waals surface area contributed by atoms with Gasteiger partial charge in [0.25, 0.3) is 8.32 Å². The number of hydrogen-bond donors (Lipinski definition) is 1. The van der Waals surface area contributed by atoms with Gasteiger partial charge in [-0.15, -0.1) is 0 Å². The maximum Gasteiger partial charge on any atom is 0.373 e. The zero-order chi connectivity index (χ0) is 67.2. The highest BCUT2D eigenvalue weighted by Crippen LogP contribution is 2.42. The van der Waals surface area contributed by atoms with Gasteiger partial charge in [0.1, 0.15) is 24.4 Å². The van der Waals surface area contributed by atoms with Gasteiger partial charge >= 0.3 is 18.3 Å². The molecular weight excluding hydrogens is 1180 g/mol. The van der Waals surface area contributed by atoms with Crippen LogP contribution in [0, 0.1) is 35.5 Å². The highest BCUT2D eigenvalue weighted by atomic mass is 28.4. The van der Waals surface area contributed by atoms with Crippen LogP contribution in [-0.2, 0) is 89.0 Å². The lowest BCUT2D eigenvalue weighted by atomic mass is 9.82. The summed E-state index contributed by atoms with van der Waals surface area (Å²) in [5.41, 5.74) is 11.2. The van der Waals surface area contributed by atoms with Crippen LogP contribution < -0.4 is 10.4 Å². The smallest absolute Gasteiger partial charge is 0.373 e. The van der Waals surface area contributed by atoms with Gasteiger partial charge in [0.05, 0.1) is 74.7 Å². The van der Waals surface area contributed by atoms with E-state index in [4.69, 9.17) is 71.0 Å². The Bertz CT molecular complexity index is 2830. The first-order valence-electron chi connectivity index (χ1n) is 31.7. The van der Waals surface area contributed by atoms with Crippen LogP contribution in [0.4, 0.5) is 0 Å². The Hall–Kier alpha value is -5.80. The predicted octanol–water partition coefficient (Wildman–Crippen LogP) is 11.0. The van der Waals surface area contributed by atoms with E-state index in [1.807, 2.05) is 111 Å². The third-order valence-electron chi connectivity index (χ3n) is 18.0. The summed E-state index contributed by atoms with van der Waals surface area (Å²) < 4.78 is 70.7. The van der Waals surface area contributed by atoms with Gasteiger partial charge in [-0.2, -0.15) is 19.2 Å². The highest BCUT2D eigenvalue weighted by molar-refractivity contribution is 6.99. The summed E-state index contributed by atoms with van der Waals surface area (Å²) in [5, 5.41) is 17.1. The molecule has 0 aromatic heterocycles. The van der Waals surface area contributed by atoms with Crippen LogP contribution in [0.2, 0.25) is 5.04 Å². The lowest BCUT2D eigenvalue weighted by Gasteiger charge is -2.49. The molecule has 0 amide bonds. The van der Waals surface area contributed by atoms with E-state index < -0.39 is 69.2 Å². The normalized spacial score (nSPS) is 31.6. The summed E-state index contributed by atoms with van der Waals surface area (Å²) in [6.07, 6.45) is -4.04. The summed E-state index contributed by atoms with van der Waals surface area (Å²) in [4.78, 5) is 48.0. The van der Waals surface area contributed by atoms with Gasteiger partial charge in [0.2, 0.25) is 0 Å². The van der Waals surface area contributed by atoms with Crippen LogP contribution in [0.5, 0.6) is 0 Å². The molecule has 4 fully saturated rings. The lowest BCUT2D eigenvalue weighted by molar-refractivity contribution is -0.338. The van der Waals surface area contributed by atoms with Crippen molar-refractivity contribution in [3.8, 4) is 0 Å². The monoisotopic (exact) mass is 1280 g/mol.